The topological polar surface area (TPSA) is 56.1 Å². The third-order valence-electron chi connectivity index (χ3n) is 3.57. The number of aromatic nitrogens is 2. The van der Waals surface area contributed by atoms with Gasteiger partial charge in [0.25, 0.3) is 5.56 Å². The number of aryl methyl sites for hydroxylation is 2. The molecule has 1 heterocycles. The van der Waals surface area contributed by atoms with E-state index in [0.29, 0.717) is 6.54 Å². The Morgan fingerprint density at radius 1 is 1.32 bits per heavy atom. The molecule has 0 fully saturated rings. The number of benzene rings is 1. The highest BCUT2D eigenvalue weighted by molar-refractivity contribution is 5.62. The zero-order chi connectivity index (χ0) is 16.1. The lowest BCUT2D eigenvalue weighted by molar-refractivity contribution is 0.412. The zero-order valence-electron chi connectivity index (χ0n) is 13.6. The first-order chi connectivity index (χ1) is 10.6. The van der Waals surface area contributed by atoms with Gasteiger partial charge < -0.3 is 10.1 Å². The van der Waals surface area contributed by atoms with E-state index in [1.54, 1.807) is 14.2 Å². The van der Waals surface area contributed by atoms with Gasteiger partial charge >= 0.3 is 0 Å². The molecular weight excluding hydrogens is 278 g/mol. The van der Waals surface area contributed by atoms with Crippen LogP contribution in [0, 0.1) is 6.92 Å². The molecule has 2 rings (SSSR count). The maximum atomic E-state index is 12.2. The van der Waals surface area contributed by atoms with Crippen molar-refractivity contribution >= 4 is 0 Å². The van der Waals surface area contributed by atoms with E-state index in [-0.39, 0.29) is 5.56 Å². The maximum Gasteiger partial charge on any atom is 0.271 e. The van der Waals surface area contributed by atoms with Gasteiger partial charge in [-0.1, -0.05) is 6.92 Å². The summed E-state index contributed by atoms with van der Waals surface area (Å²) in [6.45, 7) is 5.55. The molecule has 0 bridgehead atoms. The van der Waals surface area contributed by atoms with Gasteiger partial charge in [-0.25, -0.2) is 4.68 Å². The van der Waals surface area contributed by atoms with Crippen LogP contribution in [0.4, 0.5) is 0 Å². The van der Waals surface area contributed by atoms with E-state index in [1.807, 2.05) is 31.2 Å². The second-order valence-corrected chi connectivity index (χ2v) is 5.34. The largest absolute Gasteiger partial charge is 0.496 e. The first kappa shape index (κ1) is 16.2. The predicted molar refractivity (Wildman–Crippen MR) is 88.2 cm³/mol. The van der Waals surface area contributed by atoms with E-state index in [1.165, 1.54) is 4.68 Å². The molecule has 5 nitrogen and oxygen atoms in total. The number of rotatable bonds is 6. The van der Waals surface area contributed by atoms with Crippen molar-refractivity contribution in [3.05, 3.63) is 45.7 Å². The Balaban J connectivity index is 2.39. The van der Waals surface area contributed by atoms with Gasteiger partial charge in [0.05, 0.1) is 12.8 Å². The normalized spacial score (nSPS) is 10.7. The number of hydrogen-bond acceptors (Lipinski definition) is 4. The molecule has 0 amide bonds. The summed E-state index contributed by atoms with van der Waals surface area (Å²) in [5.41, 5.74) is 3.49. The lowest BCUT2D eigenvalue weighted by atomic mass is 10.1. The fourth-order valence-electron chi connectivity index (χ4n) is 2.38. The van der Waals surface area contributed by atoms with Crippen molar-refractivity contribution in [2.45, 2.75) is 26.8 Å². The summed E-state index contributed by atoms with van der Waals surface area (Å²) in [5.74, 6) is 0.846. The molecule has 1 aromatic heterocycles. The molecule has 0 aliphatic carbocycles. The summed E-state index contributed by atoms with van der Waals surface area (Å²) >= 11 is 0. The molecule has 0 atom stereocenters. The average Bonchev–Trinajstić information content (AvgIpc) is 2.51. The summed E-state index contributed by atoms with van der Waals surface area (Å²) in [7, 11) is 3.34. The Morgan fingerprint density at radius 2 is 2.09 bits per heavy atom. The highest BCUT2D eigenvalue weighted by atomic mass is 16.5. The van der Waals surface area contributed by atoms with Crippen molar-refractivity contribution < 1.29 is 4.74 Å². The van der Waals surface area contributed by atoms with Crippen LogP contribution in [0.3, 0.4) is 0 Å². The minimum absolute atomic E-state index is 0.0578. The SMILES string of the molecule is CCCNCc1cc(-c2ccc(OC)c(C)c2)nn(C)c1=O. The van der Waals surface area contributed by atoms with Crippen LogP contribution >= 0.6 is 0 Å². The van der Waals surface area contributed by atoms with Crippen LogP contribution in [-0.4, -0.2) is 23.4 Å². The summed E-state index contributed by atoms with van der Waals surface area (Å²) in [6, 6.07) is 7.77. The van der Waals surface area contributed by atoms with Crippen molar-refractivity contribution in [2.75, 3.05) is 13.7 Å². The number of hydrogen-bond donors (Lipinski definition) is 1. The van der Waals surface area contributed by atoms with Crippen molar-refractivity contribution in [3.8, 4) is 17.0 Å². The van der Waals surface area contributed by atoms with E-state index in [2.05, 4.69) is 17.3 Å². The van der Waals surface area contributed by atoms with Crippen molar-refractivity contribution in [3.63, 3.8) is 0 Å². The fourth-order valence-corrected chi connectivity index (χ4v) is 2.38. The van der Waals surface area contributed by atoms with Gasteiger partial charge in [0.15, 0.2) is 0 Å². The lowest BCUT2D eigenvalue weighted by Gasteiger charge is -2.10. The van der Waals surface area contributed by atoms with Crippen molar-refractivity contribution in [2.24, 2.45) is 7.05 Å². The Hall–Kier alpha value is -2.14. The molecule has 0 spiro atoms. The van der Waals surface area contributed by atoms with Crippen molar-refractivity contribution in [1.82, 2.24) is 15.1 Å². The number of nitrogens with one attached hydrogen (secondary N) is 1. The number of methoxy groups -OCH3 is 1. The van der Waals surface area contributed by atoms with Crippen LogP contribution in [0.15, 0.2) is 29.1 Å². The highest BCUT2D eigenvalue weighted by Gasteiger charge is 2.09. The molecule has 1 aromatic carbocycles. The molecule has 0 unspecified atom stereocenters. The Morgan fingerprint density at radius 3 is 2.73 bits per heavy atom. The van der Waals surface area contributed by atoms with Gasteiger partial charge in [-0.15, -0.1) is 0 Å². The lowest BCUT2D eigenvalue weighted by Crippen LogP contribution is -2.27. The predicted octanol–water partition coefficient (Wildman–Crippen LogP) is 2.26. The van der Waals surface area contributed by atoms with Crippen molar-refractivity contribution in [1.29, 1.82) is 0 Å². The molecule has 118 valence electrons. The first-order valence-electron chi connectivity index (χ1n) is 7.49. The monoisotopic (exact) mass is 301 g/mol. The third-order valence-corrected chi connectivity index (χ3v) is 3.57. The summed E-state index contributed by atoms with van der Waals surface area (Å²) in [5, 5.41) is 7.63. The fraction of sp³-hybridized carbons (Fsp3) is 0.412. The third kappa shape index (κ3) is 3.54. The average molecular weight is 301 g/mol. The van der Waals surface area contributed by atoms with Gasteiger partial charge in [0.2, 0.25) is 0 Å². The van der Waals surface area contributed by atoms with Crippen LogP contribution in [0.1, 0.15) is 24.5 Å². The molecule has 5 heteroatoms. The van der Waals surface area contributed by atoms with Gasteiger partial charge in [-0.05, 0) is 49.7 Å². The van der Waals surface area contributed by atoms with Crippen LogP contribution in [-0.2, 0) is 13.6 Å². The highest BCUT2D eigenvalue weighted by Crippen LogP contribution is 2.24. The number of nitrogens with zero attached hydrogens (tertiary/aromatic N) is 2. The molecule has 1 N–H and O–H groups in total. The number of ether oxygens (including phenoxy) is 1. The molecule has 2 aromatic rings. The summed E-state index contributed by atoms with van der Waals surface area (Å²) in [6.07, 6.45) is 1.04. The Labute approximate surface area is 130 Å². The van der Waals surface area contributed by atoms with Gasteiger partial charge in [0, 0.05) is 24.7 Å². The van der Waals surface area contributed by atoms with Crippen LogP contribution < -0.4 is 15.6 Å². The summed E-state index contributed by atoms with van der Waals surface area (Å²) < 4.78 is 6.68. The Bertz CT molecular complexity index is 708. The molecule has 0 aliphatic heterocycles. The standard InChI is InChI=1S/C17H23N3O2/c1-5-8-18-11-14-10-15(19-20(3)17(14)21)13-6-7-16(22-4)12(2)9-13/h6-7,9-10,18H,5,8,11H2,1-4H3. The Kier molecular flexibility index (Phi) is 5.33. The van der Waals surface area contributed by atoms with E-state index in [4.69, 9.17) is 4.74 Å². The minimum atomic E-state index is -0.0578. The van der Waals surface area contributed by atoms with E-state index in [9.17, 15) is 4.79 Å². The zero-order valence-corrected chi connectivity index (χ0v) is 13.6. The second kappa shape index (κ2) is 7.22. The molecule has 0 saturated heterocycles. The van der Waals surface area contributed by atoms with Gasteiger partial charge in [0.1, 0.15) is 5.75 Å². The first-order valence-corrected chi connectivity index (χ1v) is 7.49. The molecule has 0 aliphatic rings. The minimum Gasteiger partial charge on any atom is -0.496 e. The van der Waals surface area contributed by atoms with E-state index < -0.39 is 0 Å². The maximum absolute atomic E-state index is 12.2. The summed E-state index contributed by atoms with van der Waals surface area (Å²) in [4.78, 5) is 12.2. The smallest absolute Gasteiger partial charge is 0.271 e. The van der Waals surface area contributed by atoms with Crippen LogP contribution in [0.25, 0.3) is 11.3 Å². The molecule has 22 heavy (non-hydrogen) atoms. The van der Waals surface area contributed by atoms with Gasteiger partial charge in [-0.2, -0.15) is 5.10 Å². The molecule has 0 radical (unpaired) electrons. The van der Waals surface area contributed by atoms with Crippen LogP contribution in [0.5, 0.6) is 5.75 Å². The molecule has 0 saturated carbocycles. The van der Waals surface area contributed by atoms with Gasteiger partial charge in [-0.3, -0.25) is 4.79 Å². The van der Waals surface area contributed by atoms with Crippen LogP contribution in [0.2, 0.25) is 0 Å². The molecular formula is C17H23N3O2. The quantitative estimate of drug-likeness (QED) is 0.832. The second-order valence-electron chi connectivity index (χ2n) is 5.34. The van der Waals surface area contributed by atoms with E-state index in [0.717, 1.165) is 41.1 Å². The van der Waals surface area contributed by atoms with E-state index >= 15 is 0 Å².